The third kappa shape index (κ3) is 3.69. The van der Waals surface area contributed by atoms with Gasteiger partial charge in [-0.2, -0.15) is 0 Å². The molecular formula is C19H21ClO3. The summed E-state index contributed by atoms with van der Waals surface area (Å²) in [4.78, 5) is 0. The van der Waals surface area contributed by atoms with Crippen LogP contribution >= 0.6 is 11.6 Å². The van der Waals surface area contributed by atoms with Gasteiger partial charge in [0.25, 0.3) is 0 Å². The Morgan fingerprint density at radius 1 is 1.00 bits per heavy atom. The molecule has 0 aromatic heterocycles. The van der Waals surface area contributed by atoms with Gasteiger partial charge < -0.3 is 14.6 Å². The fraction of sp³-hybridized carbons (Fsp3) is 0.368. The maximum Gasteiger partial charge on any atom is 0.141 e. The lowest BCUT2D eigenvalue weighted by molar-refractivity contribution is 0.00236. The van der Waals surface area contributed by atoms with Crippen molar-refractivity contribution in [2.75, 3.05) is 6.61 Å². The molecule has 2 aromatic rings. The van der Waals surface area contributed by atoms with Crippen LogP contribution in [0.25, 0.3) is 0 Å². The van der Waals surface area contributed by atoms with Crippen molar-refractivity contribution in [3.05, 3.63) is 65.2 Å². The predicted molar refractivity (Wildman–Crippen MR) is 91.1 cm³/mol. The zero-order valence-corrected chi connectivity index (χ0v) is 14.0. The van der Waals surface area contributed by atoms with E-state index in [1.165, 1.54) is 11.1 Å². The van der Waals surface area contributed by atoms with Crippen molar-refractivity contribution in [2.24, 2.45) is 0 Å². The predicted octanol–water partition coefficient (Wildman–Crippen LogP) is 3.79. The van der Waals surface area contributed by atoms with E-state index in [0.29, 0.717) is 0 Å². The Balaban J connectivity index is 1.66. The van der Waals surface area contributed by atoms with Gasteiger partial charge in [0.2, 0.25) is 0 Å². The SMILES string of the molecule is Cc1ccc(OC[C@H]2O[C@H](Cl)[C@@H](c3ccc(C)cc3)[C@@H]2O)cc1. The van der Waals surface area contributed by atoms with E-state index in [-0.39, 0.29) is 12.5 Å². The molecule has 4 atom stereocenters. The summed E-state index contributed by atoms with van der Waals surface area (Å²) in [6, 6.07) is 15.8. The summed E-state index contributed by atoms with van der Waals surface area (Å²) >= 11 is 6.31. The quantitative estimate of drug-likeness (QED) is 0.866. The Kier molecular flexibility index (Phi) is 4.90. The van der Waals surface area contributed by atoms with Crippen LogP contribution in [0.3, 0.4) is 0 Å². The maximum absolute atomic E-state index is 10.6. The first kappa shape index (κ1) is 16.3. The molecule has 1 N–H and O–H groups in total. The highest BCUT2D eigenvalue weighted by atomic mass is 35.5. The van der Waals surface area contributed by atoms with Gasteiger partial charge in [-0.25, -0.2) is 0 Å². The van der Waals surface area contributed by atoms with Crippen LogP contribution < -0.4 is 4.74 Å². The average Bonchev–Trinajstić information content (AvgIpc) is 2.82. The zero-order chi connectivity index (χ0) is 16.4. The monoisotopic (exact) mass is 332 g/mol. The highest BCUT2D eigenvalue weighted by Gasteiger charge is 2.43. The van der Waals surface area contributed by atoms with Crippen LogP contribution in [0.4, 0.5) is 0 Å². The van der Waals surface area contributed by atoms with E-state index in [9.17, 15) is 5.11 Å². The molecule has 0 amide bonds. The normalized spacial score (nSPS) is 27.1. The number of benzene rings is 2. The second-order valence-electron chi connectivity index (χ2n) is 6.08. The second kappa shape index (κ2) is 6.91. The van der Waals surface area contributed by atoms with E-state index in [4.69, 9.17) is 21.1 Å². The maximum atomic E-state index is 10.6. The molecule has 0 radical (unpaired) electrons. The van der Waals surface area contributed by atoms with Crippen LogP contribution in [0, 0.1) is 13.8 Å². The number of ether oxygens (including phenoxy) is 2. The Hall–Kier alpha value is -1.55. The first-order valence-corrected chi connectivity index (χ1v) is 8.22. The lowest BCUT2D eigenvalue weighted by Gasteiger charge is -2.18. The number of halogens is 1. The first-order chi connectivity index (χ1) is 11.0. The molecule has 1 aliphatic rings. The minimum absolute atomic E-state index is 0.246. The molecule has 0 spiro atoms. The van der Waals surface area contributed by atoms with Crippen LogP contribution in [0.1, 0.15) is 22.6 Å². The Bertz CT molecular complexity index is 639. The summed E-state index contributed by atoms with van der Waals surface area (Å²) in [6.45, 7) is 4.33. The van der Waals surface area contributed by atoms with Crippen molar-refractivity contribution in [2.45, 2.75) is 37.5 Å². The van der Waals surface area contributed by atoms with E-state index in [0.717, 1.165) is 11.3 Å². The summed E-state index contributed by atoms with van der Waals surface area (Å²) in [5.74, 6) is 0.514. The number of hydrogen-bond acceptors (Lipinski definition) is 3. The van der Waals surface area contributed by atoms with Crippen molar-refractivity contribution >= 4 is 11.6 Å². The summed E-state index contributed by atoms with van der Waals surface area (Å²) in [7, 11) is 0. The fourth-order valence-electron chi connectivity index (χ4n) is 2.81. The van der Waals surface area contributed by atoms with Crippen LogP contribution in [0.15, 0.2) is 48.5 Å². The molecule has 122 valence electrons. The standard InChI is InChI=1S/C19H21ClO3/c1-12-3-7-14(8-4-12)17-18(21)16(23-19(17)20)11-22-15-9-5-13(2)6-10-15/h3-10,16-19,21H,11H2,1-2H3/t16-,17+,18-,19+/m1/s1. The molecule has 23 heavy (non-hydrogen) atoms. The minimum atomic E-state index is -0.689. The van der Waals surface area contributed by atoms with Crippen molar-refractivity contribution in [3.63, 3.8) is 0 Å². The lowest BCUT2D eigenvalue weighted by atomic mass is 9.93. The van der Waals surface area contributed by atoms with Crippen LogP contribution in [0.5, 0.6) is 5.75 Å². The van der Waals surface area contributed by atoms with Gasteiger partial charge in [0.05, 0.1) is 12.0 Å². The number of alkyl halides is 1. The summed E-state index contributed by atoms with van der Waals surface area (Å²) in [6.07, 6.45) is -1.13. The molecular weight excluding hydrogens is 312 g/mol. The Morgan fingerprint density at radius 3 is 2.17 bits per heavy atom. The van der Waals surface area contributed by atoms with Gasteiger partial charge in [-0.1, -0.05) is 59.1 Å². The van der Waals surface area contributed by atoms with Crippen LogP contribution in [-0.4, -0.2) is 29.5 Å². The summed E-state index contributed by atoms with van der Waals surface area (Å²) in [5, 5.41) is 10.6. The molecule has 0 bridgehead atoms. The fourth-order valence-corrected chi connectivity index (χ4v) is 3.23. The zero-order valence-electron chi connectivity index (χ0n) is 13.3. The van der Waals surface area contributed by atoms with Gasteiger partial charge in [0.15, 0.2) is 0 Å². The molecule has 3 rings (SSSR count). The topological polar surface area (TPSA) is 38.7 Å². The molecule has 0 unspecified atom stereocenters. The average molecular weight is 333 g/mol. The summed E-state index contributed by atoms with van der Waals surface area (Å²) in [5.41, 5.74) is 2.78. The number of hydrogen-bond donors (Lipinski definition) is 1. The molecule has 2 aromatic carbocycles. The highest BCUT2D eigenvalue weighted by molar-refractivity contribution is 6.20. The van der Waals surface area contributed by atoms with Crippen molar-refractivity contribution in [1.29, 1.82) is 0 Å². The third-order valence-corrected chi connectivity index (χ3v) is 4.61. The molecule has 1 fully saturated rings. The minimum Gasteiger partial charge on any atom is -0.491 e. The number of aliphatic hydroxyl groups excluding tert-OH is 1. The molecule has 1 heterocycles. The van der Waals surface area contributed by atoms with Gasteiger partial charge in [-0.3, -0.25) is 0 Å². The van der Waals surface area contributed by atoms with Gasteiger partial charge >= 0.3 is 0 Å². The van der Waals surface area contributed by atoms with Crippen LogP contribution in [-0.2, 0) is 4.74 Å². The number of aryl methyl sites for hydroxylation is 2. The van der Waals surface area contributed by atoms with Gasteiger partial charge in [0.1, 0.15) is 24.0 Å². The van der Waals surface area contributed by atoms with E-state index in [1.54, 1.807) is 0 Å². The van der Waals surface area contributed by atoms with Gasteiger partial charge in [-0.15, -0.1) is 0 Å². The van der Waals surface area contributed by atoms with Crippen LogP contribution in [0.2, 0.25) is 0 Å². The summed E-state index contributed by atoms with van der Waals surface area (Å²) < 4.78 is 11.4. The molecule has 3 nitrogen and oxygen atoms in total. The van der Waals surface area contributed by atoms with E-state index >= 15 is 0 Å². The van der Waals surface area contributed by atoms with E-state index < -0.39 is 17.8 Å². The molecule has 0 saturated carbocycles. The van der Waals surface area contributed by atoms with E-state index in [1.807, 2.05) is 62.4 Å². The Labute approximate surface area is 141 Å². The number of aliphatic hydroxyl groups is 1. The van der Waals surface area contributed by atoms with Gasteiger partial charge in [-0.05, 0) is 31.5 Å². The van der Waals surface area contributed by atoms with Crippen molar-refractivity contribution in [3.8, 4) is 5.75 Å². The first-order valence-electron chi connectivity index (χ1n) is 7.78. The van der Waals surface area contributed by atoms with Crippen molar-refractivity contribution < 1.29 is 14.6 Å². The van der Waals surface area contributed by atoms with E-state index in [2.05, 4.69) is 0 Å². The van der Waals surface area contributed by atoms with Gasteiger partial charge in [0, 0.05) is 0 Å². The number of rotatable bonds is 4. The smallest absolute Gasteiger partial charge is 0.141 e. The molecule has 4 heteroatoms. The molecule has 1 aliphatic heterocycles. The van der Waals surface area contributed by atoms with Crippen molar-refractivity contribution in [1.82, 2.24) is 0 Å². The second-order valence-corrected chi connectivity index (χ2v) is 6.51. The third-order valence-electron chi connectivity index (χ3n) is 4.23. The Morgan fingerprint density at radius 2 is 1.57 bits per heavy atom. The largest absolute Gasteiger partial charge is 0.491 e. The highest BCUT2D eigenvalue weighted by Crippen LogP contribution is 2.38. The molecule has 0 aliphatic carbocycles. The lowest BCUT2D eigenvalue weighted by Crippen LogP contribution is -2.30. The molecule has 1 saturated heterocycles.